The standard InChI is InChI=1S/C8H13FO2/c1-5(7(10)11)6(9)8(2,3)4/h1-4H3,(H,10,11). The van der Waals surface area contributed by atoms with Gasteiger partial charge in [-0.1, -0.05) is 20.8 Å². The maximum Gasteiger partial charge on any atom is 0.333 e. The summed E-state index contributed by atoms with van der Waals surface area (Å²) in [6.07, 6.45) is 0. The summed E-state index contributed by atoms with van der Waals surface area (Å²) in [4.78, 5) is 10.3. The van der Waals surface area contributed by atoms with Crippen molar-refractivity contribution in [1.29, 1.82) is 0 Å². The van der Waals surface area contributed by atoms with Crippen molar-refractivity contribution in [3.63, 3.8) is 0 Å². The number of carboxylic acids is 1. The van der Waals surface area contributed by atoms with Gasteiger partial charge in [-0.2, -0.15) is 0 Å². The number of allylic oxidation sites excluding steroid dienone is 1. The number of hydrogen-bond acceptors (Lipinski definition) is 1. The van der Waals surface area contributed by atoms with Gasteiger partial charge in [0, 0.05) is 5.41 Å². The Bertz CT molecular complexity index is 199. The summed E-state index contributed by atoms with van der Waals surface area (Å²) in [5.41, 5.74) is -0.917. The van der Waals surface area contributed by atoms with Gasteiger partial charge in [0.05, 0.1) is 5.57 Å². The van der Waals surface area contributed by atoms with E-state index in [1.807, 2.05) is 0 Å². The van der Waals surface area contributed by atoms with Crippen molar-refractivity contribution in [2.45, 2.75) is 27.7 Å². The van der Waals surface area contributed by atoms with Crippen molar-refractivity contribution in [3.8, 4) is 0 Å². The molecule has 0 aromatic rings. The van der Waals surface area contributed by atoms with Crippen LogP contribution in [-0.4, -0.2) is 11.1 Å². The third-order valence-electron chi connectivity index (χ3n) is 1.31. The molecular formula is C8H13FO2. The smallest absolute Gasteiger partial charge is 0.333 e. The van der Waals surface area contributed by atoms with Crippen LogP contribution >= 0.6 is 0 Å². The van der Waals surface area contributed by atoms with Crippen molar-refractivity contribution >= 4 is 5.97 Å². The third kappa shape index (κ3) is 2.70. The molecule has 0 aliphatic carbocycles. The lowest BCUT2D eigenvalue weighted by atomic mass is 9.92. The normalized spacial score (nSPS) is 14.3. The van der Waals surface area contributed by atoms with Gasteiger partial charge in [-0.3, -0.25) is 0 Å². The number of carboxylic acid groups (broad SMARTS) is 1. The second-order valence-electron chi connectivity index (χ2n) is 3.49. The molecule has 0 amide bonds. The van der Waals surface area contributed by atoms with Gasteiger partial charge in [0.2, 0.25) is 0 Å². The van der Waals surface area contributed by atoms with Crippen molar-refractivity contribution in [2.24, 2.45) is 5.41 Å². The van der Waals surface area contributed by atoms with E-state index < -0.39 is 17.2 Å². The van der Waals surface area contributed by atoms with Crippen LogP contribution in [0.3, 0.4) is 0 Å². The molecule has 0 aliphatic rings. The zero-order valence-electron chi connectivity index (χ0n) is 7.23. The van der Waals surface area contributed by atoms with Crippen LogP contribution in [0.5, 0.6) is 0 Å². The molecule has 0 aromatic carbocycles. The molecule has 0 saturated heterocycles. The van der Waals surface area contributed by atoms with Crippen molar-refractivity contribution in [1.82, 2.24) is 0 Å². The minimum absolute atomic E-state index is 0.211. The molecule has 0 rings (SSSR count). The predicted molar refractivity (Wildman–Crippen MR) is 40.9 cm³/mol. The van der Waals surface area contributed by atoms with Crippen LogP contribution in [0.15, 0.2) is 11.4 Å². The summed E-state index contributed by atoms with van der Waals surface area (Å²) in [7, 11) is 0. The van der Waals surface area contributed by atoms with Crippen molar-refractivity contribution < 1.29 is 14.3 Å². The van der Waals surface area contributed by atoms with E-state index in [2.05, 4.69) is 0 Å². The van der Waals surface area contributed by atoms with E-state index in [1.165, 1.54) is 6.92 Å². The number of aliphatic carboxylic acids is 1. The van der Waals surface area contributed by atoms with Crippen LogP contribution in [0.25, 0.3) is 0 Å². The van der Waals surface area contributed by atoms with Crippen LogP contribution in [0.1, 0.15) is 27.7 Å². The zero-order valence-corrected chi connectivity index (χ0v) is 7.23. The van der Waals surface area contributed by atoms with E-state index in [9.17, 15) is 9.18 Å². The summed E-state index contributed by atoms with van der Waals surface area (Å²) < 4.78 is 13.1. The summed E-state index contributed by atoms with van der Waals surface area (Å²) >= 11 is 0. The molecule has 11 heavy (non-hydrogen) atoms. The molecule has 0 spiro atoms. The fourth-order valence-corrected chi connectivity index (χ4v) is 0.656. The summed E-state index contributed by atoms with van der Waals surface area (Å²) in [5.74, 6) is -1.76. The van der Waals surface area contributed by atoms with E-state index in [4.69, 9.17) is 5.11 Å². The van der Waals surface area contributed by atoms with Crippen LogP contribution in [-0.2, 0) is 4.79 Å². The highest BCUT2D eigenvalue weighted by Gasteiger charge is 2.22. The van der Waals surface area contributed by atoms with Gasteiger partial charge in [-0.25, -0.2) is 9.18 Å². The Morgan fingerprint density at radius 3 is 1.82 bits per heavy atom. The van der Waals surface area contributed by atoms with Gasteiger partial charge in [-0.15, -0.1) is 0 Å². The van der Waals surface area contributed by atoms with Gasteiger partial charge in [0.1, 0.15) is 5.83 Å². The molecular weight excluding hydrogens is 147 g/mol. The highest BCUT2D eigenvalue weighted by molar-refractivity contribution is 5.86. The van der Waals surface area contributed by atoms with E-state index in [-0.39, 0.29) is 5.57 Å². The van der Waals surface area contributed by atoms with E-state index >= 15 is 0 Å². The molecule has 0 radical (unpaired) electrons. The molecule has 0 heterocycles. The Morgan fingerprint density at radius 2 is 1.73 bits per heavy atom. The first-order valence-corrected chi connectivity index (χ1v) is 3.37. The topological polar surface area (TPSA) is 37.3 Å². The highest BCUT2D eigenvalue weighted by atomic mass is 19.1. The number of rotatable bonds is 1. The molecule has 0 unspecified atom stereocenters. The molecule has 0 aliphatic heterocycles. The zero-order chi connectivity index (χ0) is 9.23. The fourth-order valence-electron chi connectivity index (χ4n) is 0.656. The molecule has 0 saturated carbocycles. The fraction of sp³-hybridized carbons (Fsp3) is 0.625. The number of hydrogen-bond donors (Lipinski definition) is 1. The van der Waals surface area contributed by atoms with E-state index in [1.54, 1.807) is 20.8 Å². The third-order valence-corrected chi connectivity index (χ3v) is 1.31. The predicted octanol–water partition coefficient (Wildman–Crippen LogP) is 2.36. The maximum absolute atomic E-state index is 13.1. The van der Waals surface area contributed by atoms with Crippen molar-refractivity contribution in [3.05, 3.63) is 11.4 Å². The monoisotopic (exact) mass is 160 g/mol. The Morgan fingerprint density at radius 1 is 1.36 bits per heavy atom. The first kappa shape index (κ1) is 10.1. The molecule has 0 bridgehead atoms. The highest BCUT2D eigenvalue weighted by Crippen LogP contribution is 2.28. The molecule has 2 nitrogen and oxygen atoms in total. The second kappa shape index (κ2) is 3.03. The summed E-state index contributed by atoms with van der Waals surface area (Å²) in [6.45, 7) is 6.17. The maximum atomic E-state index is 13.1. The average molecular weight is 160 g/mol. The van der Waals surface area contributed by atoms with Gasteiger partial charge in [0.15, 0.2) is 0 Å². The molecule has 0 fully saturated rings. The Hall–Kier alpha value is -0.860. The van der Waals surface area contributed by atoms with Gasteiger partial charge in [0.25, 0.3) is 0 Å². The van der Waals surface area contributed by atoms with E-state index in [0.717, 1.165) is 0 Å². The van der Waals surface area contributed by atoms with Crippen LogP contribution in [0.4, 0.5) is 4.39 Å². The number of carbonyl (C=O) groups is 1. The molecule has 64 valence electrons. The largest absolute Gasteiger partial charge is 0.478 e. The Labute approximate surface area is 65.7 Å². The number of halogens is 1. The van der Waals surface area contributed by atoms with Crippen LogP contribution in [0, 0.1) is 5.41 Å². The lowest BCUT2D eigenvalue weighted by Gasteiger charge is -2.16. The second-order valence-corrected chi connectivity index (χ2v) is 3.49. The lowest BCUT2D eigenvalue weighted by Crippen LogP contribution is -2.11. The first-order chi connectivity index (χ1) is 4.76. The Balaban J connectivity index is 4.82. The van der Waals surface area contributed by atoms with E-state index in [0.29, 0.717) is 0 Å². The van der Waals surface area contributed by atoms with Crippen LogP contribution < -0.4 is 0 Å². The molecule has 0 atom stereocenters. The van der Waals surface area contributed by atoms with Crippen LogP contribution in [0.2, 0.25) is 0 Å². The van der Waals surface area contributed by atoms with Gasteiger partial charge >= 0.3 is 5.97 Å². The molecule has 3 heteroatoms. The average Bonchev–Trinajstić information content (AvgIpc) is 1.82. The van der Waals surface area contributed by atoms with Gasteiger partial charge < -0.3 is 5.11 Å². The van der Waals surface area contributed by atoms with Crippen molar-refractivity contribution in [2.75, 3.05) is 0 Å². The lowest BCUT2D eigenvalue weighted by molar-refractivity contribution is -0.132. The molecule has 1 N–H and O–H groups in total. The molecule has 0 aromatic heterocycles. The summed E-state index contributed by atoms with van der Waals surface area (Å²) in [6, 6.07) is 0. The quantitative estimate of drug-likeness (QED) is 0.598. The van der Waals surface area contributed by atoms with Gasteiger partial charge in [-0.05, 0) is 6.92 Å². The Kier molecular flexibility index (Phi) is 2.79. The first-order valence-electron chi connectivity index (χ1n) is 3.37. The minimum Gasteiger partial charge on any atom is -0.478 e. The minimum atomic E-state index is -1.20. The SMILES string of the molecule is CC(C(=O)O)=C(F)C(C)(C)C. The summed E-state index contributed by atoms with van der Waals surface area (Å²) in [5, 5.41) is 8.42.